The van der Waals surface area contributed by atoms with Gasteiger partial charge in [0.05, 0.1) is 29.0 Å². The zero-order valence-electron chi connectivity index (χ0n) is 17.8. The number of carbonyl (C=O) groups excluding carboxylic acids is 2. The highest BCUT2D eigenvalue weighted by Crippen LogP contribution is 2.53. The lowest BCUT2D eigenvalue weighted by atomic mass is 9.80. The fourth-order valence-corrected chi connectivity index (χ4v) is 4.65. The summed E-state index contributed by atoms with van der Waals surface area (Å²) in [5, 5.41) is 35.3. The Hall–Kier alpha value is -3.84. The van der Waals surface area contributed by atoms with Crippen LogP contribution in [0.3, 0.4) is 0 Å². The second-order valence-electron chi connectivity index (χ2n) is 8.61. The van der Waals surface area contributed by atoms with E-state index in [2.05, 4.69) is 29.0 Å². The van der Waals surface area contributed by atoms with Crippen molar-refractivity contribution in [3.05, 3.63) is 70.3 Å². The minimum absolute atomic E-state index is 0.0186. The molecule has 2 aromatic rings. The molecule has 1 heterocycles. The molecule has 0 bridgehead atoms. The Morgan fingerprint density at radius 1 is 1.03 bits per heavy atom. The number of benzene rings is 2. The monoisotopic (exact) mass is 439 g/mol. The molecule has 6 nitrogen and oxygen atoms in total. The molecule has 33 heavy (non-hydrogen) atoms. The second-order valence-corrected chi connectivity index (χ2v) is 8.61. The van der Waals surface area contributed by atoms with Crippen molar-refractivity contribution in [1.29, 1.82) is 0 Å². The van der Waals surface area contributed by atoms with Crippen molar-refractivity contribution in [1.82, 2.24) is 0 Å². The predicted molar refractivity (Wildman–Crippen MR) is 122 cm³/mol. The summed E-state index contributed by atoms with van der Waals surface area (Å²) in [6.07, 6.45) is 2.50. The summed E-state index contributed by atoms with van der Waals surface area (Å²) < 4.78 is 0. The predicted octanol–water partition coefficient (Wildman–Crippen LogP) is 2.72. The molecule has 2 aliphatic carbocycles. The van der Waals surface area contributed by atoms with Crippen LogP contribution >= 0.6 is 0 Å². The second kappa shape index (κ2) is 7.64. The number of aliphatic hydroxyl groups excluding tert-OH is 2. The number of ketones is 2. The quantitative estimate of drug-likeness (QED) is 0.361. The molecule has 0 aromatic heterocycles. The molecule has 1 saturated carbocycles. The molecule has 0 unspecified atom stereocenters. The largest absolute Gasteiger partial charge is 0.507 e. The van der Waals surface area contributed by atoms with Crippen molar-refractivity contribution in [2.24, 2.45) is 5.41 Å². The highest BCUT2D eigenvalue weighted by atomic mass is 16.3. The van der Waals surface area contributed by atoms with E-state index >= 15 is 0 Å². The molecule has 3 aliphatic rings. The number of hydrogen-bond acceptors (Lipinski definition) is 6. The number of aliphatic hydroxyl groups is 2. The fraction of sp³-hybridized carbons (Fsp3) is 0.259. The Morgan fingerprint density at radius 2 is 1.64 bits per heavy atom. The number of allylic oxidation sites excluding steroid dienone is 2. The Kier molecular flexibility index (Phi) is 4.87. The van der Waals surface area contributed by atoms with Crippen LogP contribution in [0, 0.1) is 29.1 Å². The van der Waals surface area contributed by atoms with Crippen molar-refractivity contribution >= 4 is 17.3 Å². The molecule has 1 fully saturated rings. The molecule has 6 heteroatoms. The van der Waals surface area contributed by atoms with Crippen LogP contribution in [0.2, 0.25) is 0 Å². The van der Waals surface area contributed by atoms with E-state index in [0.29, 0.717) is 0 Å². The first kappa shape index (κ1) is 21.0. The molecule has 5 rings (SSSR count). The van der Waals surface area contributed by atoms with E-state index in [0.717, 1.165) is 12.8 Å². The van der Waals surface area contributed by atoms with E-state index in [9.17, 15) is 24.9 Å². The summed E-state index contributed by atoms with van der Waals surface area (Å²) >= 11 is 0. The first-order valence-electron chi connectivity index (χ1n) is 10.7. The molecule has 4 N–H and O–H groups in total. The lowest BCUT2D eigenvalue weighted by Gasteiger charge is -2.31. The van der Waals surface area contributed by atoms with Gasteiger partial charge in [-0.05, 0) is 38.0 Å². The van der Waals surface area contributed by atoms with Crippen molar-refractivity contribution in [2.45, 2.75) is 38.0 Å². The average Bonchev–Trinajstić information content (AvgIpc) is 3.61. The summed E-state index contributed by atoms with van der Waals surface area (Å²) in [6, 6.07) is 7.14. The molecular formula is C27H21NO5. The number of rotatable bonds is 2. The number of phenols is 1. The number of carbonyl (C=O) groups is 2. The van der Waals surface area contributed by atoms with Gasteiger partial charge in [0.25, 0.3) is 0 Å². The van der Waals surface area contributed by atoms with Gasteiger partial charge in [-0.1, -0.05) is 47.9 Å². The van der Waals surface area contributed by atoms with E-state index in [-0.39, 0.29) is 33.5 Å². The number of anilines is 1. The smallest absolute Gasteiger partial charge is 0.198 e. The maximum Gasteiger partial charge on any atom is 0.198 e. The Morgan fingerprint density at radius 3 is 2.24 bits per heavy atom. The van der Waals surface area contributed by atoms with E-state index in [1.165, 1.54) is 12.1 Å². The summed E-state index contributed by atoms with van der Waals surface area (Å²) in [5.41, 5.74) is 0.128. The molecular weight excluding hydrogens is 418 g/mol. The van der Waals surface area contributed by atoms with E-state index in [4.69, 9.17) is 0 Å². The van der Waals surface area contributed by atoms with Crippen molar-refractivity contribution < 1.29 is 24.9 Å². The van der Waals surface area contributed by atoms with Gasteiger partial charge in [0, 0.05) is 22.1 Å². The highest BCUT2D eigenvalue weighted by Gasteiger charge is 2.53. The number of aromatic hydroxyl groups is 1. The van der Waals surface area contributed by atoms with Crippen molar-refractivity contribution in [2.75, 3.05) is 5.32 Å². The van der Waals surface area contributed by atoms with Gasteiger partial charge in [-0.15, -0.1) is 0 Å². The van der Waals surface area contributed by atoms with E-state index in [1.54, 1.807) is 37.3 Å². The van der Waals surface area contributed by atoms with Crippen LogP contribution in [0.5, 0.6) is 5.75 Å². The third-order valence-corrected chi connectivity index (χ3v) is 6.72. The molecule has 3 atom stereocenters. The summed E-state index contributed by atoms with van der Waals surface area (Å²) in [7, 11) is 0. The molecule has 0 saturated heterocycles. The third-order valence-electron chi connectivity index (χ3n) is 6.72. The van der Waals surface area contributed by atoms with Crippen molar-refractivity contribution in [3.8, 4) is 29.4 Å². The number of hydrogen-bond donors (Lipinski definition) is 4. The first-order chi connectivity index (χ1) is 15.8. The normalized spacial score (nSPS) is 23.6. The zero-order chi connectivity index (χ0) is 23.3. The standard InChI is InChI=1S/C27H21NO5/c1-15(29)27(12-13-27)21-11-5-3-2-4-10-19(30)18-14-20(31)22-23(24(18)28-21)26(33)17-9-7-6-8-16(17)25(22)32/h2-3,6-9,14-15,19,21,28-31H,12-13H2,1H3/b3-2-/t15-,19-,21+/m1/s1. The SMILES string of the molecule is C[C@@H](O)C1([C@@H]2C#C/C=C\C#C[C@@H](O)c3cc(O)c4c(c3N2)C(=O)c2ccccc2C4=O)CC1. The van der Waals surface area contributed by atoms with Gasteiger partial charge in [0.15, 0.2) is 11.6 Å². The third kappa shape index (κ3) is 3.24. The minimum atomic E-state index is -1.34. The van der Waals surface area contributed by atoms with Gasteiger partial charge < -0.3 is 20.6 Å². The van der Waals surface area contributed by atoms with E-state index < -0.39 is 41.0 Å². The van der Waals surface area contributed by atoms with Crippen LogP contribution in [0.15, 0.2) is 42.5 Å². The summed E-state index contributed by atoms with van der Waals surface area (Å²) in [6.45, 7) is 1.70. The van der Waals surface area contributed by atoms with Crippen LogP contribution in [-0.2, 0) is 0 Å². The van der Waals surface area contributed by atoms with E-state index in [1.807, 2.05) is 0 Å². The zero-order valence-corrected chi connectivity index (χ0v) is 17.8. The number of phenolic OH excluding ortho intramolecular Hbond substituents is 1. The van der Waals surface area contributed by atoms with Gasteiger partial charge in [-0.2, -0.15) is 0 Å². The Balaban J connectivity index is 1.78. The van der Waals surface area contributed by atoms with Gasteiger partial charge in [0.1, 0.15) is 11.9 Å². The molecule has 0 amide bonds. The van der Waals surface area contributed by atoms with Gasteiger partial charge in [-0.25, -0.2) is 0 Å². The maximum atomic E-state index is 13.6. The fourth-order valence-electron chi connectivity index (χ4n) is 4.65. The summed E-state index contributed by atoms with van der Waals surface area (Å²) in [5.74, 6) is 10.1. The molecule has 2 aromatic carbocycles. The Labute approximate surface area is 191 Å². The molecule has 1 aliphatic heterocycles. The first-order valence-corrected chi connectivity index (χ1v) is 10.7. The maximum absolute atomic E-state index is 13.6. The lowest BCUT2D eigenvalue weighted by molar-refractivity contribution is 0.0976. The molecule has 0 spiro atoms. The number of nitrogens with one attached hydrogen (secondary N) is 1. The van der Waals surface area contributed by atoms with Crippen LogP contribution < -0.4 is 5.32 Å². The Bertz CT molecular complexity index is 1360. The lowest BCUT2D eigenvalue weighted by Crippen LogP contribution is -2.38. The minimum Gasteiger partial charge on any atom is -0.507 e. The van der Waals surface area contributed by atoms with Gasteiger partial charge in [0.2, 0.25) is 0 Å². The number of fused-ring (bicyclic) bond motifs is 4. The van der Waals surface area contributed by atoms with Crippen LogP contribution in [0.1, 0.15) is 63.3 Å². The van der Waals surface area contributed by atoms with Crippen LogP contribution in [0.25, 0.3) is 0 Å². The molecule has 164 valence electrons. The van der Waals surface area contributed by atoms with Crippen LogP contribution in [-0.4, -0.2) is 39.0 Å². The summed E-state index contributed by atoms with van der Waals surface area (Å²) in [4.78, 5) is 26.9. The highest BCUT2D eigenvalue weighted by molar-refractivity contribution is 6.31. The van der Waals surface area contributed by atoms with Gasteiger partial charge in [-0.3, -0.25) is 9.59 Å². The van der Waals surface area contributed by atoms with Gasteiger partial charge >= 0.3 is 0 Å². The van der Waals surface area contributed by atoms with Crippen molar-refractivity contribution in [3.63, 3.8) is 0 Å². The average molecular weight is 439 g/mol. The topological polar surface area (TPSA) is 107 Å². The molecule has 0 radical (unpaired) electrons. The van der Waals surface area contributed by atoms with Crippen LogP contribution in [0.4, 0.5) is 5.69 Å².